The minimum Gasteiger partial charge on any atom is -0.383 e. The van der Waals surface area contributed by atoms with Gasteiger partial charge in [0.05, 0.1) is 18.7 Å². The summed E-state index contributed by atoms with van der Waals surface area (Å²) in [6.07, 6.45) is 0. The van der Waals surface area contributed by atoms with Gasteiger partial charge in [0, 0.05) is 38.3 Å². The van der Waals surface area contributed by atoms with Crippen molar-refractivity contribution in [2.45, 2.75) is 17.9 Å². The molecule has 0 bridgehead atoms. The van der Waals surface area contributed by atoms with E-state index in [2.05, 4.69) is 5.32 Å². The lowest BCUT2D eigenvalue weighted by molar-refractivity contribution is 0.0655. The van der Waals surface area contributed by atoms with Crippen LogP contribution in [0, 0.1) is 0 Å². The van der Waals surface area contributed by atoms with Crippen molar-refractivity contribution >= 4 is 21.8 Å². The summed E-state index contributed by atoms with van der Waals surface area (Å²) >= 11 is 0. The highest BCUT2D eigenvalue weighted by atomic mass is 32.2. The van der Waals surface area contributed by atoms with Gasteiger partial charge in [-0.05, 0) is 25.1 Å². The molecule has 0 aliphatic carbocycles. The number of methoxy groups -OCH3 is 1. The van der Waals surface area contributed by atoms with E-state index in [1.165, 1.54) is 25.3 Å². The molecule has 1 N–H and O–H groups in total. The first-order valence-corrected chi connectivity index (χ1v) is 9.53. The normalized spacial score (nSPS) is 22.2. The lowest BCUT2D eigenvalue weighted by Crippen LogP contribution is -2.52. The molecule has 0 unspecified atom stereocenters. The predicted octanol–water partition coefficient (Wildman–Crippen LogP) is -0.0886. The van der Waals surface area contributed by atoms with Gasteiger partial charge in [-0.2, -0.15) is 0 Å². The molecule has 2 heterocycles. The van der Waals surface area contributed by atoms with Crippen molar-refractivity contribution in [3.05, 3.63) is 29.3 Å². The zero-order valence-electron chi connectivity index (χ0n) is 14.2. The van der Waals surface area contributed by atoms with E-state index in [0.29, 0.717) is 19.6 Å². The molecule has 136 valence electrons. The molecule has 2 amide bonds. The summed E-state index contributed by atoms with van der Waals surface area (Å²) < 4.78 is 30.9. The van der Waals surface area contributed by atoms with Crippen LogP contribution in [-0.4, -0.2) is 75.4 Å². The molecule has 2 aliphatic rings. The Kier molecular flexibility index (Phi) is 4.81. The third-order valence-corrected chi connectivity index (χ3v) is 6.34. The number of hydrogen-bond acceptors (Lipinski definition) is 6. The standard InChI is InChI=1S/C16H21N3O5S/c1-11-10-17-5-6-18(11)15(20)12-3-4-13-14(9-12)25(22,23)19(16(13)21)7-8-24-2/h3-4,9,11,17H,5-8,10H2,1-2H3/t11-/m0/s1. The smallest absolute Gasteiger partial charge is 0.269 e. The summed E-state index contributed by atoms with van der Waals surface area (Å²) in [5.74, 6) is -0.809. The number of amides is 2. The number of hydrogen-bond donors (Lipinski definition) is 1. The second kappa shape index (κ2) is 6.74. The van der Waals surface area contributed by atoms with Crippen molar-refractivity contribution in [2.24, 2.45) is 0 Å². The third-order valence-electron chi connectivity index (χ3n) is 4.51. The summed E-state index contributed by atoms with van der Waals surface area (Å²) in [7, 11) is -2.51. The number of carbonyl (C=O) groups excluding carboxylic acids is 2. The number of carbonyl (C=O) groups is 2. The van der Waals surface area contributed by atoms with E-state index in [4.69, 9.17) is 4.74 Å². The average molecular weight is 367 g/mol. The molecule has 0 radical (unpaired) electrons. The number of sulfonamides is 1. The molecule has 1 aromatic rings. The largest absolute Gasteiger partial charge is 0.383 e. The zero-order valence-corrected chi connectivity index (χ0v) is 15.0. The Morgan fingerprint density at radius 3 is 2.84 bits per heavy atom. The monoisotopic (exact) mass is 367 g/mol. The fourth-order valence-corrected chi connectivity index (χ4v) is 4.69. The minimum atomic E-state index is -3.95. The fourth-order valence-electron chi connectivity index (χ4n) is 3.11. The molecular weight excluding hydrogens is 346 g/mol. The highest BCUT2D eigenvalue weighted by molar-refractivity contribution is 7.90. The van der Waals surface area contributed by atoms with E-state index in [1.807, 2.05) is 6.92 Å². The van der Waals surface area contributed by atoms with Crippen molar-refractivity contribution in [2.75, 3.05) is 39.9 Å². The first-order valence-electron chi connectivity index (χ1n) is 8.09. The number of fused-ring (bicyclic) bond motifs is 1. The van der Waals surface area contributed by atoms with E-state index in [9.17, 15) is 18.0 Å². The lowest BCUT2D eigenvalue weighted by atomic mass is 10.1. The second-order valence-electron chi connectivity index (χ2n) is 6.14. The molecule has 1 saturated heterocycles. The summed E-state index contributed by atoms with van der Waals surface area (Å²) in [5.41, 5.74) is 0.374. The van der Waals surface area contributed by atoms with Gasteiger partial charge in [-0.3, -0.25) is 9.59 Å². The number of nitrogens with zero attached hydrogens (tertiary/aromatic N) is 2. The van der Waals surface area contributed by atoms with Gasteiger partial charge in [0.15, 0.2) is 0 Å². The van der Waals surface area contributed by atoms with Crippen molar-refractivity contribution in [3.63, 3.8) is 0 Å². The Hall–Kier alpha value is -1.97. The van der Waals surface area contributed by atoms with Crippen LogP contribution in [0.25, 0.3) is 0 Å². The Labute approximate surface area is 146 Å². The fraction of sp³-hybridized carbons (Fsp3) is 0.500. The summed E-state index contributed by atoms with van der Waals surface area (Å²) in [6, 6.07) is 4.27. The van der Waals surface area contributed by atoms with Crippen LogP contribution < -0.4 is 5.32 Å². The molecule has 1 aromatic carbocycles. The summed E-state index contributed by atoms with van der Waals surface area (Å²) in [6.45, 7) is 3.95. The van der Waals surface area contributed by atoms with Crippen LogP contribution in [0.15, 0.2) is 23.1 Å². The van der Waals surface area contributed by atoms with Crippen molar-refractivity contribution in [1.82, 2.24) is 14.5 Å². The number of piperazine rings is 1. The molecule has 9 heteroatoms. The molecule has 0 saturated carbocycles. The maximum Gasteiger partial charge on any atom is 0.269 e. The highest BCUT2D eigenvalue weighted by Gasteiger charge is 2.41. The van der Waals surface area contributed by atoms with Gasteiger partial charge in [0.1, 0.15) is 4.90 Å². The zero-order chi connectivity index (χ0) is 18.2. The van der Waals surface area contributed by atoms with Crippen molar-refractivity contribution in [1.29, 1.82) is 0 Å². The van der Waals surface area contributed by atoms with Crippen LogP contribution in [0.5, 0.6) is 0 Å². The molecule has 1 fully saturated rings. The molecule has 8 nitrogen and oxygen atoms in total. The van der Waals surface area contributed by atoms with E-state index in [0.717, 1.165) is 4.31 Å². The Balaban J connectivity index is 1.93. The first-order chi connectivity index (χ1) is 11.9. The topological polar surface area (TPSA) is 96.0 Å². The molecular formula is C16H21N3O5S. The van der Waals surface area contributed by atoms with Crippen molar-refractivity contribution in [3.8, 4) is 0 Å². The predicted molar refractivity (Wildman–Crippen MR) is 89.9 cm³/mol. The molecule has 2 aliphatic heterocycles. The van der Waals surface area contributed by atoms with E-state index >= 15 is 0 Å². The van der Waals surface area contributed by atoms with Gasteiger partial charge in [0.25, 0.3) is 21.8 Å². The SMILES string of the molecule is COCCN1C(=O)c2ccc(C(=O)N3CCNC[C@@H]3C)cc2S1(=O)=O. The van der Waals surface area contributed by atoms with Crippen LogP contribution in [-0.2, 0) is 14.8 Å². The third kappa shape index (κ3) is 3.03. The second-order valence-corrected chi connectivity index (χ2v) is 7.97. The number of ether oxygens (including phenoxy) is 1. The van der Waals surface area contributed by atoms with Gasteiger partial charge in [-0.15, -0.1) is 0 Å². The van der Waals surface area contributed by atoms with Crippen LogP contribution in [0.1, 0.15) is 27.6 Å². The number of benzene rings is 1. The molecule has 3 rings (SSSR count). The van der Waals surface area contributed by atoms with E-state index < -0.39 is 15.9 Å². The highest BCUT2D eigenvalue weighted by Crippen LogP contribution is 2.31. The molecule has 0 spiro atoms. The Bertz CT molecular complexity index is 808. The Morgan fingerprint density at radius 2 is 2.16 bits per heavy atom. The van der Waals surface area contributed by atoms with E-state index in [1.54, 1.807) is 4.90 Å². The van der Waals surface area contributed by atoms with E-state index in [-0.39, 0.29) is 41.1 Å². The molecule has 25 heavy (non-hydrogen) atoms. The maximum absolute atomic E-state index is 12.7. The van der Waals surface area contributed by atoms with Gasteiger partial charge in [-0.1, -0.05) is 0 Å². The Morgan fingerprint density at radius 1 is 1.40 bits per heavy atom. The van der Waals surface area contributed by atoms with Crippen LogP contribution in [0.2, 0.25) is 0 Å². The lowest BCUT2D eigenvalue weighted by Gasteiger charge is -2.34. The average Bonchev–Trinajstić information content (AvgIpc) is 2.79. The van der Waals surface area contributed by atoms with Gasteiger partial charge >= 0.3 is 0 Å². The maximum atomic E-state index is 12.7. The van der Waals surface area contributed by atoms with Crippen molar-refractivity contribution < 1.29 is 22.7 Å². The quantitative estimate of drug-likeness (QED) is 0.799. The number of rotatable bonds is 4. The summed E-state index contributed by atoms with van der Waals surface area (Å²) in [5, 5.41) is 3.20. The van der Waals surface area contributed by atoms with Gasteiger partial charge in [-0.25, -0.2) is 12.7 Å². The molecule has 1 atom stereocenters. The van der Waals surface area contributed by atoms with Gasteiger partial charge in [0.2, 0.25) is 0 Å². The number of nitrogens with one attached hydrogen (secondary N) is 1. The van der Waals surface area contributed by atoms with Crippen LogP contribution in [0.3, 0.4) is 0 Å². The molecule has 0 aromatic heterocycles. The summed E-state index contributed by atoms with van der Waals surface area (Å²) in [4.78, 5) is 26.7. The first kappa shape index (κ1) is 17.8. The minimum absolute atomic E-state index is 0.0194. The van der Waals surface area contributed by atoms with Crippen LogP contribution >= 0.6 is 0 Å². The van der Waals surface area contributed by atoms with Gasteiger partial charge < -0.3 is 15.0 Å². The van der Waals surface area contributed by atoms with Crippen LogP contribution in [0.4, 0.5) is 0 Å².